The summed E-state index contributed by atoms with van der Waals surface area (Å²) in [6.45, 7) is 7.69. The molecule has 206 valence electrons. The lowest BCUT2D eigenvalue weighted by Crippen LogP contribution is -2.40. The number of thiazole rings is 1. The molecular weight excluding hydrogens is 526 g/mol. The van der Waals surface area contributed by atoms with Gasteiger partial charge in [0.1, 0.15) is 11.5 Å². The van der Waals surface area contributed by atoms with E-state index in [9.17, 15) is 9.59 Å². The first-order chi connectivity index (χ1) is 19.5. The normalized spacial score (nSPS) is 15.0. The van der Waals surface area contributed by atoms with Crippen molar-refractivity contribution in [2.75, 3.05) is 31.7 Å². The van der Waals surface area contributed by atoms with Crippen molar-refractivity contribution in [3.8, 4) is 5.75 Å². The predicted molar refractivity (Wildman–Crippen MR) is 156 cm³/mol. The fourth-order valence-electron chi connectivity index (χ4n) is 4.82. The molecule has 3 heterocycles. The molecule has 0 saturated heterocycles. The summed E-state index contributed by atoms with van der Waals surface area (Å²) in [5.41, 5.74) is 1.96. The number of hydrogen-bond acceptors (Lipinski definition) is 8. The van der Waals surface area contributed by atoms with Gasteiger partial charge in [-0.05, 0) is 44.5 Å². The molecule has 1 aliphatic heterocycles. The third-order valence-electron chi connectivity index (χ3n) is 6.74. The van der Waals surface area contributed by atoms with E-state index in [1.54, 1.807) is 24.7 Å². The van der Waals surface area contributed by atoms with Crippen LogP contribution in [0, 0.1) is 0 Å². The molecule has 2 aromatic carbocycles. The summed E-state index contributed by atoms with van der Waals surface area (Å²) in [5.74, 6) is 1.40. The molecule has 2 aromatic heterocycles. The van der Waals surface area contributed by atoms with Crippen LogP contribution in [0.3, 0.4) is 0 Å². The van der Waals surface area contributed by atoms with Gasteiger partial charge in [0.2, 0.25) is 0 Å². The van der Waals surface area contributed by atoms with E-state index in [-0.39, 0.29) is 12.2 Å². The van der Waals surface area contributed by atoms with E-state index >= 15 is 0 Å². The van der Waals surface area contributed by atoms with Gasteiger partial charge in [0, 0.05) is 30.8 Å². The van der Waals surface area contributed by atoms with Gasteiger partial charge in [-0.25, -0.2) is 9.79 Å². The number of hydrogen-bond donors (Lipinski definition) is 0. The van der Waals surface area contributed by atoms with Gasteiger partial charge in [-0.3, -0.25) is 9.36 Å². The van der Waals surface area contributed by atoms with Crippen molar-refractivity contribution in [1.29, 1.82) is 0 Å². The number of carbonyl (C=O) groups is 1. The van der Waals surface area contributed by atoms with Crippen molar-refractivity contribution in [3.05, 3.63) is 109 Å². The van der Waals surface area contributed by atoms with E-state index in [1.165, 1.54) is 11.3 Å². The Labute approximate surface area is 236 Å². The van der Waals surface area contributed by atoms with Crippen LogP contribution in [0.5, 0.6) is 5.75 Å². The maximum absolute atomic E-state index is 14.0. The third kappa shape index (κ3) is 5.12. The van der Waals surface area contributed by atoms with Gasteiger partial charge in [-0.1, -0.05) is 53.8 Å². The number of carbonyl (C=O) groups excluding carboxylic acids is 1. The molecule has 1 atom stereocenters. The van der Waals surface area contributed by atoms with Crippen LogP contribution < -0.4 is 24.5 Å². The molecule has 0 unspecified atom stereocenters. The lowest BCUT2D eigenvalue weighted by Gasteiger charge is -2.26. The van der Waals surface area contributed by atoms with Crippen LogP contribution in [-0.2, 0) is 9.53 Å². The number of furan rings is 1. The van der Waals surface area contributed by atoms with Crippen molar-refractivity contribution in [2.24, 2.45) is 4.99 Å². The quantitative estimate of drug-likeness (QED) is 0.284. The van der Waals surface area contributed by atoms with Crippen LogP contribution in [0.25, 0.3) is 11.8 Å². The molecule has 0 radical (unpaired) electrons. The van der Waals surface area contributed by atoms with Gasteiger partial charge in [-0.15, -0.1) is 0 Å². The second-order valence-electron chi connectivity index (χ2n) is 9.06. The predicted octanol–water partition coefficient (Wildman–Crippen LogP) is 4.38. The smallest absolute Gasteiger partial charge is 0.338 e. The fraction of sp³-hybridized carbons (Fsp3) is 0.258. The van der Waals surface area contributed by atoms with Crippen LogP contribution in [0.1, 0.15) is 43.7 Å². The third-order valence-corrected chi connectivity index (χ3v) is 7.73. The van der Waals surface area contributed by atoms with Gasteiger partial charge < -0.3 is 18.8 Å². The Balaban J connectivity index is 1.77. The highest BCUT2D eigenvalue weighted by molar-refractivity contribution is 7.07. The Morgan fingerprint density at radius 3 is 2.55 bits per heavy atom. The Morgan fingerprint density at radius 1 is 1.07 bits per heavy atom. The van der Waals surface area contributed by atoms with E-state index in [1.807, 2.05) is 66.7 Å². The molecule has 8 nitrogen and oxygen atoms in total. The first-order valence-corrected chi connectivity index (χ1v) is 14.1. The highest BCUT2D eigenvalue weighted by Crippen LogP contribution is 2.36. The number of aromatic nitrogens is 1. The lowest BCUT2D eigenvalue weighted by atomic mass is 9.93. The Hall–Kier alpha value is -4.37. The fourth-order valence-corrected chi connectivity index (χ4v) is 5.80. The Kier molecular flexibility index (Phi) is 8.02. The first-order valence-electron chi connectivity index (χ1n) is 13.3. The largest absolute Gasteiger partial charge is 0.497 e. The molecule has 0 amide bonds. The number of anilines is 1. The molecule has 40 heavy (non-hydrogen) atoms. The second-order valence-corrected chi connectivity index (χ2v) is 10.1. The van der Waals surface area contributed by atoms with Crippen LogP contribution in [0.2, 0.25) is 0 Å². The van der Waals surface area contributed by atoms with Gasteiger partial charge in [0.25, 0.3) is 5.56 Å². The first kappa shape index (κ1) is 27.2. The van der Waals surface area contributed by atoms with E-state index in [0.29, 0.717) is 37.7 Å². The Morgan fingerprint density at radius 2 is 1.85 bits per heavy atom. The number of esters is 1. The number of fused-ring (bicyclic) bond motifs is 1. The van der Waals surface area contributed by atoms with Crippen LogP contribution >= 0.6 is 11.3 Å². The van der Waals surface area contributed by atoms with Gasteiger partial charge >= 0.3 is 5.97 Å². The second kappa shape index (κ2) is 11.8. The van der Waals surface area contributed by atoms with E-state index in [4.69, 9.17) is 18.9 Å². The molecule has 9 heteroatoms. The minimum atomic E-state index is -0.773. The van der Waals surface area contributed by atoms with E-state index in [0.717, 1.165) is 24.5 Å². The zero-order chi connectivity index (χ0) is 28.2. The summed E-state index contributed by atoms with van der Waals surface area (Å²) in [7, 11) is 1.58. The molecule has 0 bridgehead atoms. The zero-order valence-corrected chi connectivity index (χ0v) is 23.7. The van der Waals surface area contributed by atoms with Crippen molar-refractivity contribution in [2.45, 2.75) is 26.8 Å². The average Bonchev–Trinajstić information content (AvgIpc) is 3.57. The summed E-state index contributed by atoms with van der Waals surface area (Å²) >= 11 is 1.26. The molecule has 0 fully saturated rings. The van der Waals surface area contributed by atoms with Gasteiger partial charge in [-0.2, -0.15) is 0 Å². The highest BCUT2D eigenvalue weighted by atomic mass is 32.1. The monoisotopic (exact) mass is 557 g/mol. The van der Waals surface area contributed by atoms with Crippen molar-refractivity contribution >= 4 is 35.0 Å². The van der Waals surface area contributed by atoms with Gasteiger partial charge in [0.15, 0.2) is 10.7 Å². The summed E-state index contributed by atoms with van der Waals surface area (Å²) in [5, 5.41) is 0. The van der Waals surface area contributed by atoms with Gasteiger partial charge in [0.05, 0.1) is 35.6 Å². The zero-order valence-electron chi connectivity index (χ0n) is 22.9. The van der Waals surface area contributed by atoms with E-state index < -0.39 is 12.0 Å². The molecule has 0 aliphatic carbocycles. The van der Waals surface area contributed by atoms with Crippen molar-refractivity contribution < 1.29 is 18.7 Å². The minimum absolute atomic E-state index is 0.188. The number of benzene rings is 2. The summed E-state index contributed by atoms with van der Waals surface area (Å²) in [6, 6.07) is 19.8. The summed E-state index contributed by atoms with van der Waals surface area (Å²) < 4.78 is 19.1. The van der Waals surface area contributed by atoms with Crippen molar-refractivity contribution in [3.63, 3.8) is 0 Å². The molecule has 4 aromatic rings. The minimum Gasteiger partial charge on any atom is -0.497 e. The summed E-state index contributed by atoms with van der Waals surface area (Å²) in [6.07, 6.45) is 1.73. The maximum atomic E-state index is 14.0. The molecule has 5 rings (SSSR count). The SMILES string of the molecule is CCOC(=O)C1=C(c2ccccc2)N=c2sc(=Cc3ccc(N(CC)CC)o3)c(=O)n2[C@H]1c1cccc(OC)c1. The number of ether oxygens (including phenoxy) is 2. The van der Waals surface area contributed by atoms with E-state index in [2.05, 4.69) is 18.7 Å². The lowest BCUT2D eigenvalue weighted by molar-refractivity contribution is -0.138. The number of rotatable bonds is 9. The van der Waals surface area contributed by atoms with Crippen molar-refractivity contribution in [1.82, 2.24) is 4.57 Å². The summed E-state index contributed by atoms with van der Waals surface area (Å²) in [4.78, 5) is 35.0. The molecule has 0 saturated carbocycles. The standard InChI is InChI=1S/C31H31N3O5S/c1-5-33(6-2)25-17-16-23(39-25)19-24-29(35)34-28(21-14-11-15-22(18-21)37-4)26(30(36)38-7-3)27(32-31(34)40-24)20-12-9-8-10-13-20/h8-19,28H,5-7H2,1-4H3/t28-/m0/s1. The number of methoxy groups -OCH3 is 1. The van der Waals surface area contributed by atoms with Crippen LogP contribution in [0.15, 0.2) is 86.5 Å². The maximum Gasteiger partial charge on any atom is 0.338 e. The Bertz CT molecular complexity index is 1730. The van der Waals surface area contributed by atoms with Crippen LogP contribution in [0.4, 0.5) is 5.88 Å². The molecular formula is C31H31N3O5S. The molecule has 1 aliphatic rings. The molecule has 0 spiro atoms. The topological polar surface area (TPSA) is 86.3 Å². The highest BCUT2D eigenvalue weighted by Gasteiger charge is 2.35. The molecule has 0 N–H and O–H groups in total. The average molecular weight is 558 g/mol. The number of nitrogens with zero attached hydrogens (tertiary/aromatic N) is 3. The van der Waals surface area contributed by atoms with Crippen LogP contribution in [-0.4, -0.2) is 37.3 Å².